The second-order valence-corrected chi connectivity index (χ2v) is 2.48. The van der Waals surface area contributed by atoms with Crippen molar-refractivity contribution in [3.8, 4) is 0 Å². The highest BCUT2D eigenvalue weighted by Gasteiger charge is 1.92. The third-order valence-electron chi connectivity index (χ3n) is 1.25. The standard InChI is InChI=1S/C5H14N2O.C3H9N/c1-2-5(6)7-3-4-8;1-2-3-4/h5,7-8H,2-4,6H2,1H3;2-4H2,1H3. The molecule has 0 aromatic rings. The molecule has 76 valence electrons. The fraction of sp³-hybridized carbons (Fsp3) is 1.00. The predicted molar refractivity (Wildman–Crippen MR) is 52.7 cm³/mol. The average Bonchev–Trinajstić information content (AvgIpc) is 2.14. The molecule has 12 heavy (non-hydrogen) atoms. The molecule has 0 saturated carbocycles. The first-order valence-electron chi connectivity index (χ1n) is 4.52. The lowest BCUT2D eigenvalue weighted by molar-refractivity contribution is 0.283. The normalized spacial score (nSPS) is 11.8. The van der Waals surface area contributed by atoms with Crippen LogP contribution in [0.15, 0.2) is 0 Å². The first-order chi connectivity index (χ1) is 5.72. The highest BCUT2D eigenvalue weighted by atomic mass is 16.3. The summed E-state index contributed by atoms with van der Waals surface area (Å²) in [6.07, 6.45) is 2.04. The van der Waals surface area contributed by atoms with Crippen molar-refractivity contribution in [1.82, 2.24) is 5.32 Å². The van der Waals surface area contributed by atoms with Crippen molar-refractivity contribution < 1.29 is 5.11 Å². The van der Waals surface area contributed by atoms with E-state index in [1.807, 2.05) is 6.92 Å². The van der Waals surface area contributed by atoms with Gasteiger partial charge in [-0.2, -0.15) is 0 Å². The second-order valence-electron chi connectivity index (χ2n) is 2.48. The molecule has 0 fully saturated rings. The van der Waals surface area contributed by atoms with E-state index in [1.165, 1.54) is 0 Å². The maximum Gasteiger partial charge on any atom is 0.0556 e. The fourth-order valence-corrected chi connectivity index (χ4v) is 0.394. The Labute approximate surface area is 75.3 Å². The third kappa shape index (κ3) is 16.4. The maximum absolute atomic E-state index is 8.29. The molecular formula is C8H23N3O. The molecule has 0 amide bonds. The van der Waals surface area contributed by atoms with Gasteiger partial charge in [-0.1, -0.05) is 13.8 Å². The van der Waals surface area contributed by atoms with E-state index in [1.54, 1.807) is 0 Å². The SMILES string of the molecule is CCC(N)NCCO.CCCN. The van der Waals surface area contributed by atoms with Gasteiger partial charge in [0, 0.05) is 6.54 Å². The van der Waals surface area contributed by atoms with Crippen LogP contribution in [0.1, 0.15) is 26.7 Å². The minimum Gasteiger partial charge on any atom is -0.395 e. The van der Waals surface area contributed by atoms with Crippen LogP contribution < -0.4 is 16.8 Å². The number of aliphatic hydroxyl groups excluding tert-OH is 1. The highest BCUT2D eigenvalue weighted by molar-refractivity contribution is 4.53. The Morgan fingerprint density at radius 1 is 1.42 bits per heavy atom. The van der Waals surface area contributed by atoms with Crippen LogP contribution in [0.25, 0.3) is 0 Å². The Kier molecular flexibility index (Phi) is 16.1. The molecule has 0 aliphatic heterocycles. The molecule has 0 aromatic heterocycles. The lowest BCUT2D eigenvalue weighted by Crippen LogP contribution is -2.38. The summed E-state index contributed by atoms with van der Waals surface area (Å²) >= 11 is 0. The Bertz CT molecular complexity index is 69.3. The molecule has 0 rings (SSSR count). The number of rotatable bonds is 5. The highest BCUT2D eigenvalue weighted by Crippen LogP contribution is 1.76. The molecule has 4 heteroatoms. The number of hydrogen-bond acceptors (Lipinski definition) is 4. The molecule has 4 nitrogen and oxygen atoms in total. The zero-order valence-electron chi connectivity index (χ0n) is 8.21. The molecule has 1 atom stereocenters. The van der Waals surface area contributed by atoms with Gasteiger partial charge in [0.2, 0.25) is 0 Å². The largest absolute Gasteiger partial charge is 0.395 e. The third-order valence-corrected chi connectivity index (χ3v) is 1.25. The van der Waals surface area contributed by atoms with E-state index in [0.717, 1.165) is 19.4 Å². The molecule has 0 aliphatic carbocycles. The summed E-state index contributed by atoms with van der Waals surface area (Å²) in [5.41, 5.74) is 10.5. The van der Waals surface area contributed by atoms with Gasteiger partial charge in [0.05, 0.1) is 12.8 Å². The number of hydrogen-bond donors (Lipinski definition) is 4. The summed E-state index contributed by atoms with van der Waals surface area (Å²) in [6, 6.07) is 0. The zero-order valence-corrected chi connectivity index (χ0v) is 8.21. The first-order valence-corrected chi connectivity index (χ1v) is 4.52. The molecule has 1 unspecified atom stereocenters. The van der Waals surface area contributed by atoms with Crippen LogP contribution in [0.2, 0.25) is 0 Å². The zero-order chi connectivity index (χ0) is 9.82. The van der Waals surface area contributed by atoms with Gasteiger partial charge in [-0.3, -0.25) is 5.32 Å². The van der Waals surface area contributed by atoms with Gasteiger partial charge >= 0.3 is 0 Å². The Morgan fingerprint density at radius 2 is 1.92 bits per heavy atom. The Hall–Kier alpha value is -0.160. The summed E-state index contributed by atoms with van der Waals surface area (Å²) in [4.78, 5) is 0. The van der Waals surface area contributed by atoms with Crippen LogP contribution in [0.4, 0.5) is 0 Å². The van der Waals surface area contributed by atoms with E-state index in [2.05, 4.69) is 12.2 Å². The Morgan fingerprint density at radius 3 is 2.17 bits per heavy atom. The lowest BCUT2D eigenvalue weighted by Gasteiger charge is -2.08. The second kappa shape index (κ2) is 13.4. The van der Waals surface area contributed by atoms with Crippen molar-refractivity contribution >= 4 is 0 Å². The summed E-state index contributed by atoms with van der Waals surface area (Å²) in [5.74, 6) is 0. The summed E-state index contributed by atoms with van der Waals surface area (Å²) in [6.45, 7) is 5.62. The maximum atomic E-state index is 8.29. The molecule has 0 heterocycles. The smallest absolute Gasteiger partial charge is 0.0556 e. The Balaban J connectivity index is 0. The molecule has 0 aromatic carbocycles. The van der Waals surface area contributed by atoms with E-state index >= 15 is 0 Å². The van der Waals surface area contributed by atoms with Gasteiger partial charge in [0.1, 0.15) is 0 Å². The molecule has 0 radical (unpaired) electrons. The van der Waals surface area contributed by atoms with Crippen molar-refractivity contribution in [2.24, 2.45) is 11.5 Å². The van der Waals surface area contributed by atoms with Gasteiger partial charge < -0.3 is 16.6 Å². The van der Waals surface area contributed by atoms with Crippen molar-refractivity contribution in [3.05, 3.63) is 0 Å². The number of aliphatic hydroxyl groups is 1. The van der Waals surface area contributed by atoms with Crippen molar-refractivity contribution in [2.75, 3.05) is 19.7 Å². The minimum absolute atomic E-state index is 0.0437. The van der Waals surface area contributed by atoms with Gasteiger partial charge in [0.25, 0.3) is 0 Å². The van der Waals surface area contributed by atoms with Crippen molar-refractivity contribution in [2.45, 2.75) is 32.9 Å². The molecule has 0 bridgehead atoms. The van der Waals surface area contributed by atoms with E-state index < -0.39 is 0 Å². The van der Waals surface area contributed by atoms with Gasteiger partial charge in [0.15, 0.2) is 0 Å². The van der Waals surface area contributed by atoms with Crippen LogP contribution in [-0.4, -0.2) is 31.0 Å². The van der Waals surface area contributed by atoms with E-state index in [9.17, 15) is 0 Å². The molecule has 0 aliphatic rings. The summed E-state index contributed by atoms with van der Waals surface area (Å²) in [7, 11) is 0. The lowest BCUT2D eigenvalue weighted by atomic mass is 10.4. The van der Waals surface area contributed by atoms with E-state index in [-0.39, 0.29) is 12.8 Å². The van der Waals surface area contributed by atoms with E-state index in [0.29, 0.717) is 6.54 Å². The van der Waals surface area contributed by atoms with E-state index in [4.69, 9.17) is 16.6 Å². The molecular weight excluding hydrogens is 154 g/mol. The molecule has 0 spiro atoms. The average molecular weight is 177 g/mol. The van der Waals surface area contributed by atoms with Crippen molar-refractivity contribution in [1.29, 1.82) is 0 Å². The van der Waals surface area contributed by atoms with Crippen LogP contribution in [0.3, 0.4) is 0 Å². The number of nitrogens with two attached hydrogens (primary N) is 2. The predicted octanol–water partition coefficient (Wildman–Crippen LogP) is -0.382. The fourth-order valence-electron chi connectivity index (χ4n) is 0.394. The summed E-state index contributed by atoms with van der Waals surface area (Å²) < 4.78 is 0. The topological polar surface area (TPSA) is 84.3 Å². The molecule has 6 N–H and O–H groups in total. The quantitative estimate of drug-likeness (QED) is 0.431. The number of nitrogens with one attached hydrogen (secondary N) is 1. The monoisotopic (exact) mass is 177 g/mol. The molecule has 0 saturated heterocycles. The van der Waals surface area contributed by atoms with Gasteiger partial charge in [-0.05, 0) is 19.4 Å². The van der Waals surface area contributed by atoms with Gasteiger partial charge in [-0.25, -0.2) is 0 Å². The van der Waals surface area contributed by atoms with Crippen molar-refractivity contribution in [3.63, 3.8) is 0 Å². The first kappa shape index (κ1) is 14.4. The van der Waals surface area contributed by atoms with Gasteiger partial charge in [-0.15, -0.1) is 0 Å². The van der Waals surface area contributed by atoms with Crippen LogP contribution in [0, 0.1) is 0 Å². The van der Waals surface area contributed by atoms with Crippen LogP contribution in [0.5, 0.6) is 0 Å². The van der Waals surface area contributed by atoms with Crippen LogP contribution in [-0.2, 0) is 0 Å². The minimum atomic E-state index is 0.0437. The summed E-state index contributed by atoms with van der Waals surface area (Å²) in [5, 5.41) is 11.2. The van der Waals surface area contributed by atoms with Crippen LogP contribution >= 0.6 is 0 Å².